The van der Waals surface area contributed by atoms with E-state index in [9.17, 15) is 9.90 Å². The minimum absolute atomic E-state index is 0.0774. The average Bonchev–Trinajstić information content (AvgIpc) is 3.45. The van der Waals surface area contributed by atoms with Gasteiger partial charge in [-0.05, 0) is 43.4 Å². The lowest BCUT2D eigenvalue weighted by Gasteiger charge is -2.19. The SMILES string of the molecule is COc1ccc(N(C)C(=O)c2cc3c(CC4CC4)n[nH]c3cc2O)cc1OC. The molecule has 1 fully saturated rings. The number of rotatable bonds is 6. The van der Waals surface area contributed by atoms with Crippen LogP contribution in [-0.4, -0.2) is 42.5 Å². The number of aromatic amines is 1. The Morgan fingerprint density at radius 3 is 2.64 bits per heavy atom. The fourth-order valence-corrected chi connectivity index (χ4v) is 3.36. The number of H-pyrrole nitrogens is 1. The van der Waals surface area contributed by atoms with Gasteiger partial charge in [0.2, 0.25) is 0 Å². The summed E-state index contributed by atoms with van der Waals surface area (Å²) in [6.45, 7) is 0. The number of anilines is 1. The summed E-state index contributed by atoms with van der Waals surface area (Å²) in [6.07, 6.45) is 3.34. The first kappa shape index (κ1) is 18.2. The highest BCUT2D eigenvalue weighted by molar-refractivity contribution is 6.09. The van der Waals surface area contributed by atoms with E-state index in [0.717, 1.165) is 23.0 Å². The number of nitrogens with one attached hydrogen (secondary N) is 1. The number of benzene rings is 2. The number of fused-ring (bicyclic) bond motifs is 1. The second kappa shape index (κ2) is 7.07. The molecule has 0 atom stereocenters. The Morgan fingerprint density at radius 1 is 1.21 bits per heavy atom. The van der Waals surface area contributed by atoms with E-state index in [1.807, 2.05) is 0 Å². The molecule has 1 aliphatic rings. The number of nitrogens with zero attached hydrogens (tertiary/aromatic N) is 2. The largest absolute Gasteiger partial charge is 0.507 e. The smallest absolute Gasteiger partial charge is 0.261 e. The Kier molecular flexibility index (Phi) is 4.58. The van der Waals surface area contributed by atoms with Crippen LogP contribution in [0.15, 0.2) is 30.3 Å². The summed E-state index contributed by atoms with van der Waals surface area (Å²) in [7, 11) is 4.76. The molecule has 1 saturated carbocycles. The van der Waals surface area contributed by atoms with Crippen molar-refractivity contribution in [2.24, 2.45) is 5.92 Å². The molecule has 2 aromatic carbocycles. The van der Waals surface area contributed by atoms with Gasteiger partial charge in [0.05, 0.1) is 31.0 Å². The Labute approximate surface area is 162 Å². The Balaban J connectivity index is 1.68. The summed E-state index contributed by atoms with van der Waals surface area (Å²) in [5.74, 6) is 1.39. The van der Waals surface area contributed by atoms with Crippen LogP contribution in [0, 0.1) is 5.92 Å². The maximum Gasteiger partial charge on any atom is 0.261 e. The van der Waals surface area contributed by atoms with Crippen molar-refractivity contribution in [1.29, 1.82) is 0 Å². The van der Waals surface area contributed by atoms with E-state index in [1.165, 1.54) is 17.7 Å². The minimum Gasteiger partial charge on any atom is -0.507 e. The number of aromatic nitrogens is 2. The topological polar surface area (TPSA) is 87.7 Å². The Morgan fingerprint density at radius 2 is 1.96 bits per heavy atom. The highest BCUT2D eigenvalue weighted by atomic mass is 16.5. The monoisotopic (exact) mass is 381 g/mol. The predicted octanol–water partition coefficient (Wildman–Crippen LogP) is 3.51. The molecule has 7 nitrogen and oxygen atoms in total. The number of ether oxygens (including phenoxy) is 2. The number of phenols is 1. The number of aromatic hydroxyl groups is 1. The van der Waals surface area contributed by atoms with Crippen LogP contribution in [0.4, 0.5) is 5.69 Å². The van der Waals surface area contributed by atoms with E-state index in [0.29, 0.717) is 23.1 Å². The van der Waals surface area contributed by atoms with Crippen molar-refractivity contribution in [2.45, 2.75) is 19.3 Å². The molecule has 3 aromatic rings. The third kappa shape index (κ3) is 3.24. The zero-order valence-electron chi connectivity index (χ0n) is 16.2. The number of hydrogen-bond acceptors (Lipinski definition) is 5. The van der Waals surface area contributed by atoms with E-state index < -0.39 is 0 Å². The van der Waals surface area contributed by atoms with Crippen molar-refractivity contribution in [3.8, 4) is 17.2 Å². The van der Waals surface area contributed by atoms with Crippen molar-refractivity contribution in [3.63, 3.8) is 0 Å². The average molecular weight is 381 g/mol. The summed E-state index contributed by atoms with van der Waals surface area (Å²) in [6, 6.07) is 8.53. The standard InChI is InChI=1S/C21H23N3O4/c1-24(13-6-7-19(27-2)20(9-13)28-3)21(26)15-10-14-16(8-12-4-5-12)22-23-17(14)11-18(15)25/h6-7,9-12,25H,4-5,8H2,1-3H3,(H,22,23). The van der Waals surface area contributed by atoms with Gasteiger partial charge in [-0.25, -0.2) is 0 Å². The third-order valence-electron chi connectivity index (χ3n) is 5.23. The first-order valence-electron chi connectivity index (χ1n) is 9.22. The molecule has 0 bridgehead atoms. The number of carbonyl (C=O) groups excluding carboxylic acids is 1. The van der Waals surface area contributed by atoms with Crippen molar-refractivity contribution in [3.05, 3.63) is 41.6 Å². The van der Waals surface area contributed by atoms with Gasteiger partial charge >= 0.3 is 0 Å². The van der Waals surface area contributed by atoms with Crippen molar-refractivity contribution in [2.75, 3.05) is 26.2 Å². The van der Waals surface area contributed by atoms with Gasteiger partial charge < -0.3 is 19.5 Å². The fourth-order valence-electron chi connectivity index (χ4n) is 3.36. The number of phenolic OH excluding ortho intramolecular Hbond substituents is 1. The van der Waals surface area contributed by atoms with Crippen LogP contribution in [0.2, 0.25) is 0 Å². The zero-order valence-corrected chi connectivity index (χ0v) is 16.2. The van der Waals surface area contributed by atoms with E-state index >= 15 is 0 Å². The molecule has 7 heteroatoms. The van der Waals surface area contributed by atoms with Gasteiger partial charge in [0, 0.05) is 30.3 Å². The van der Waals surface area contributed by atoms with Crippen LogP contribution >= 0.6 is 0 Å². The molecule has 0 unspecified atom stereocenters. The summed E-state index contributed by atoms with van der Waals surface area (Å²) >= 11 is 0. The van der Waals surface area contributed by atoms with Crippen LogP contribution in [0.25, 0.3) is 10.9 Å². The van der Waals surface area contributed by atoms with Crippen LogP contribution in [-0.2, 0) is 6.42 Å². The molecule has 1 amide bonds. The summed E-state index contributed by atoms with van der Waals surface area (Å²) in [5.41, 5.74) is 2.55. The highest BCUT2D eigenvalue weighted by Gasteiger charge is 2.25. The molecule has 0 aliphatic heterocycles. The predicted molar refractivity (Wildman–Crippen MR) is 106 cm³/mol. The molecule has 1 heterocycles. The second-order valence-corrected chi connectivity index (χ2v) is 7.14. The normalized spacial score (nSPS) is 13.5. The molecule has 0 saturated heterocycles. The molecule has 1 aliphatic carbocycles. The second-order valence-electron chi connectivity index (χ2n) is 7.14. The van der Waals surface area contributed by atoms with Crippen molar-refractivity contribution in [1.82, 2.24) is 10.2 Å². The molecular weight excluding hydrogens is 358 g/mol. The van der Waals surface area contributed by atoms with Gasteiger partial charge in [0.1, 0.15) is 5.75 Å². The molecule has 2 N–H and O–H groups in total. The summed E-state index contributed by atoms with van der Waals surface area (Å²) < 4.78 is 10.6. The molecule has 4 rings (SSSR count). The molecular formula is C21H23N3O4. The maximum atomic E-state index is 13.1. The Bertz CT molecular complexity index is 1040. The first-order valence-corrected chi connectivity index (χ1v) is 9.22. The van der Waals surface area contributed by atoms with Gasteiger partial charge in [-0.3, -0.25) is 9.89 Å². The zero-order chi connectivity index (χ0) is 19.8. The van der Waals surface area contributed by atoms with Crippen LogP contribution in [0.3, 0.4) is 0 Å². The molecule has 0 spiro atoms. The summed E-state index contributed by atoms with van der Waals surface area (Å²) in [4.78, 5) is 14.6. The number of amides is 1. The lowest BCUT2D eigenvalue weighted by Crippen LogP contribution is -2.26. The number of hydrogen-bond donors (Lipinski definition) is 2. The van der Waals surface area contributed by atoms with E-state index in [2.05, 4.69) is 10.2 Å². The van der Waals surface area contributed by atoms with Gasteiger partial charge in [0.15, 0.2) is 11.5 Å². The first-order chi connectivity index (χ1) is 13.5. The van der Waals surface area contributed by atoms with Gasteiger partial charge in [-0.2, -0.15) is 5.10 Å². The van der Waals surface area contributed by atoms with Gasteiger partial charge in [0.25, 0.3) is 5.91 Å². The Hall–Kier alpha value is -3.22. The van der Waals surface area contributed by atoms with E-state index in [1.54, 1.807) is 51.6 Å². The van der Waals surface area contributed by atoms with Crippen molar-refractivity contribution < 1.29 is 19.4 Å². The fraction of sp³-hybridized carbons (Fsp3) is 0.333. The van der Waals surface area contributed by atoms with Crippen LogP contribution < -0.4 is 14.4 Å². The summed E-state index contributed by atoms with van der Waals surface area (Å²) in [5, 5.41) is 18.6. The van der Waals surface area contributed by atoms with Crippen LogP contribution in [0.1, 0.15) is 28.9 Å². The molecule has 0 radical (unpaired) electrons. The third-order valence-corrected chi connectivity index (χ3v) is 5.23. The van der Waals surface area contributed by atoms with E-state index in [-0.39, 0.29) is 17.2 Å². The van der Waals surface area contributed by atoms with Gasteiger partial charge in [-0.1, -0.05) is 0 Å². The quantitative estimate of drug-likeness (QED) is 0.682. The number of carbonyl (C=O) groups is 1. The lowest BCUT2D eigenvalue weighted by atomic mass is 10.1. The van der Waals surface area contributed by atoms with Gasteiger partial charge in [-0.15, -0.1) is 0 Å². The maximum absolute atomic E-state index is 13.1. The molecule has 146 valence electrons. The minimum atomic E-state index is -0.315. The highest BCUT2D eigenvalue weighted by Crippen LogP contribution is 2.36. The number of methoxy groups -OCH3 is 2. The molecule has 1 aromatic heterocycles. The van der Waals surface area contributed by atoms with Crippen molar-refractivity contribution >= 4 is 22.5 Å². The van der Waals surface area contributed by atoms with Crippen LogP contribution in [0.5, 0.6) is 17.2 Å². The lowest BCUT2D eigenvalue weighted by molar-refractivity contribution is 0.0990. The molecule has 28 heavy (non-hydrogen) atoms. The van der Waals surface area contributed by atoms with E-state index in [4.69, 9.17) is 9.47 Å².